The van der Waals surface area contributed by atoms with Gasteiger partial charge in [0.15, 0.2) is 0 Å². The number of benzene rings is 1. The predicted molar refractivity (Wildman–Crippen MR) is 163 cm³/mol. The van der Waals surface area contributed by atoms with Crippen LogP contribution in [0.1, 0.15) is 77.7 Å². The smallest absolute Gasteiger partial charge is 0.326 e. The number of amides is 4. The fourth-order valence-electron chi connectivity index (χ4n) is 5.21. The SMILES string of the molecule is CCCC[C@@H](NC(=O)[C@@H](Cc1c(Br)[nH]c2ccccc12)NC(=O)[C@H](CC(C)C)NC(=O)N1CCCCCC1)C(=O)O. The summed E-state index contributed by atoms with van der Waals surface area (Å²) in [6.07, 6.45) is 6.25. The van der Waals surface area contributed by atoms with Gasteiger partial charge in [-0.3, -0.25) is 9.59 Å². The lowest BCUT2D eigenvalue weighted by atomic mass is 10.0. The van der Waals surface area contributed by atoms with Gasteiger partial charge in [0.05, 0.1) is 4.60 Å². The molecule has 1 aliphatic heterocycles. The van der Waals surface area contributed by atoms with E-state index in [9.17, 15) is 24.3 Å². The highest BCUT2D eigenvalue weighted by atomic mass is 79.9. The number of unbranched alkanes of at least 4 members (excludes halogenated alkanes) is 1. The van der Waals surface area contributed by atoms with Crippen molar-refractivity contribution >= 4 is 50.6 Å². The highest BCUT2D eigenvalue weighted by molar-refractivity contribution is 9.10. The number of nitrogens with zero attached hydrogens (tertiary/aromatic N) is 1. The molecule has 1 fully saturated rings. The van der Waals surface area contributed by atoms with E-state index in [2.05, 4.69) is 36.9 Å². The monoisotopic (exact) mass is 633 g/mol. The van der Waals surface area contributed by atoms with Gasteiger partial charge in [-0.15, -0.1) is 0 Å². The van der Waals surface area contributed by atoms with E-state index in [1.165, 1.54) is 0 Å². The van der Waals surface area contributed by atoms with Crippen molar-refractivity contribution in [2.75, 3.05) is 13.1 Å². The van der Waals surface area contributed by atoms with Gasteiger partial charge in [-0.05, 0) is 59.2 Å². The van der Waals surface area contributed by atoms with Crippen LogP contribution in [-0.4, -0.2) is 70.0 Å². The maximum atomic E-state index is 13.7. The molecule has 10 nitrogen and oxygen atoms in total. The summed E-state index contributed by atoms with van der Waals surface area (Å²) in [5, 5.41) is 19.0. The molecule has 5 N–H and O–H groups in total. The van der Waals surface area contributed by atoms with E-state index in [1.54, 1.807) is 4.90 Å². The van der Waals surface area contributed by atoms with E-state index in [0.717, 1.165) is 48.6 Å². The second kappa shape index (κ2) is 15.8. The van der Waals surface area contributed by atoms with Crippen molar-refractivity contribution in [3.63, 3.8) is 0 Å². The molecule has 226 valence electrons. The Kier molecular flexibility index (Phi) is 12.5. The minimum absolute atomic E-state index is 0.107. The number of aliphatic carboxylic acids is 1. The summed E-state index contributed by atoms with van der Waals surface area (Å²) >= 11 is 3.55. The second-order valence-electron chi connectivity index (χ2n) is 11.3. The lowest BCUT2D eigenvalue weighted by Crippen LogP contribution is -2.57. The summed E-state index contributed by atoms with van der Waals surface area (Å²) in [7, 11) is 0. The molecule has 1 aromatic carbocycles. The van der Waals surface area contributed by atoms with Crippen molar-refractivity contribution in [3.8, 4) is 0 Å². The molecule has 0 bridgehead atoms. The Bertz CT molecular complexity index is 1190. The number of aromatic amines is 1. The Morgan fingerprint density at radius 2 is 1.59 bits per heavy atom. The first-order chi connectivity index (χ1) is 19.6. The van der Waals surface area contributed by atoms with Crippen molar-refractivity contribution in [3.05, 3.63) is 34.4 Å². The van der Waals surface area contributed by atoms with E-state index >= 15 is 0 Å². The first kappa shape index (κ1) is 32.4. The molecule has 3 rings (SSSR count). The van der Waals surface area contributed by atoms with Crippen LogP contribution in [0.25, 0.3) is 10.9 Å². The summed E-state index contributed by atoms with van der Waals surface area (Å²) in [5.41, 5.74) is 1.66. The molecule has 4 amide bonds. The number of H-pyrrole nitrogens is 1. The van der Waals surface area contributed by atoms with Crippen molar-refractivity contribution in [1.29, 1.82) is 0 Å². The number of nitrogens with one attached hydrogen (secondary N) is 4. The Balaban J connectivity index is 1.85. The van der Waals surface area contributed by atoms with Crippen molar-refractivity contribution in [2.24, 2.45) is 5.92 Å². The number of rotatable bonds is 13. The minimum atomic E-state index is -1.12. The van der Waals surface area contributed by atoms with E-state index < -0.39 is 35.9 Å². The number of hydrogen-bond acceptors (Lipinski definition) is 4. The molecule has 1 saturated heterocycles. The van der Waals surface area contributed by atoms with E-state index in [-0.39, 0.29) is 24.8 Å². The third kappa shape index (κ3) is 9.48. The summed E-state index contributed by atoms with van der Waals surface area (Å²) in [6, 6.07) is 4.37. The van der Waals surface area contributed by atoms with Crippen molar-refractivity contribution < 1.29 is 24.3 Å². The number of carbonyl (C=O) groups is 4. The number of likely N-dealkylation sites (tertiary alicyclic amines) is 1. The largest absolute Gasteiger partial charge is 0.480 e. The molecule has 0 aliphatic carbocycles. The number of aromatic nitrogens is 1. The van der Waals surface area contributed by atoms with Crippen LogP contribution in [0.5, 0.6) is 0 Å². The number of carboxylic acid groups (broad SMARTS) is 1. The van der Waals surface area contributed by atoms with E-state index in [4.69, 9.17) is 0 Å². The van der Waals surface area contributed by atoms with Gasteiger partial charge in [0.1, 0.15) is 18.1 Å². The Morgan fingerprint density at radius 3 is 2.22 bits per heavy atom. The van der Waals surface area contributed by atoms with Gasteiger partial charge in [0.2, 0.25) is 11.8 Å². The first-order valence-electron chi connectivity index (χ1n) is 14.7. The van der Waals surface area contributed by atoms with Gasteiger partial charge < -0.3 is 30.9 Å². The minimum Gasteiger partial charge on any atom is -0.480 e. The lowest BCUT2D eigenvalue weighted by molar-refractivity contribution is -0.142. The van der Waals surface area contributed by atoms with Crippen LogP contribution in [-0.2, 0) is 20.8 Å². The number of halogens is 1. The van der Waals surface area contributed by atoms with Gasteiger partial charge in [-0.2, -0.15) is 0 Å². The predicted octanol–water partition coefficient (Wildman–Crippen LogP) is 4.72. The van der Waals surface area contributed by atoms with Crippen LogP contribution in [0.3, 0.4) is 0 Å². The molecule has 1 aliphatic rings. The molecular weight excluding hydrogens is 590 g/mol. The Hall–Kier alpha value is -3.08. The maximum Gasteiger partial charge on any atom is 0.326 e. The summed E-state index contributed by atoms with van der Waals surface area (Å²) < 4.78 is 0.680. The lowest BCUT2D eigenvalue weighted by Gasteiger charge is -2.28. The van der Waals surface area contributed by atoms with Crippen LogP contribution >= 0.6 is 15.9 Å². The van der Waals surface area contributed by atoms with Gasteiger partial charge in [-0.1, -0.05) is 64.7 Å². The average molecular weight is 635 g/mol. The average Bonchev–Trinajstić information content (AvgIpc) is 3.08. The molecular formula is C30H44BrN5O5. The fourth-order valence-corrected chi connectivity index (χ4v) is 5.80. The molecule has 3 atom stereocenters. The fraction of sp³-hybridized carbons (Fsp3) is 0.600. The quantitative estimate of drug-likeness (QED) is 0.217. The van der Waals surface area contributed by atoms with Gasteiger partial charge in [-0.25, -0.2) is 9.59 Å². The van der Waals surface area contributed by atoms with Crippen LogP contribution in [0.2, 0.25) is 0 Å². The molecule has 41 heavy (non-hydrogen) atoms. The summed E-state index contributed by atoms with van der Waals surface area (Å²) in [4.78, 5) is 57.3. The number of carbonyl (C=O) groups excluding carboxylic acids is 3. The first-order valence-corrected chi connectivity index (χ1v) is 15.5. The van der Waals surface area contributed by atoms with Crippen LogP contribution < -0.4 is 16.0 Å². The zero-order chi connectivity index (χ0) is 29.9. The summed E-state index contributed by atoms with van der Waals surface area (Å²) in [5.74, 6) is -2.07. The van der Waals surface area contributed by atoms with Crippen LogP contribution in [0.15, 0.2) is 28.9 Å². The maximum absolute atomic E-state index is 13.7. The molecule has 0 radical (unpaired) electrons. The molecule has 11 heteroatoms. The third-order valence-corrected chi connectivity index (χ3v) is 8.16. The third-order valence-electron chi connectivity index (χ3n) is 7.48. The standard InChI is InChI=1S/C30H44BrN5O5/c1-4-5-13-23(29(39)40)33-28(38)25(18-21-20-12-8-9-14-22(20)32-26(21)31)34-27(37)24(17-19(2)3)35-30(41)36-15-10-6-7-11-16-36/h8-9,12,14,19,23-25,32H,4-7,10-11,13,15-18H2,1-3H3,(H,33,38)(H,34,37)(H,35,41)(H,39,40)/t23-,24+,25-/m1/s1. The van der Waals surface area contributed by atoms with Gasteiger partial charge in [0, 0.05) is 30.4 Å². The zero-order valence-electron chi connectivity index (χ0n) is 24.3. The highest BCUT2D eigenvalue weighted by Crippen LogP contribution is 2.28. The van der Waals surface area contributed by atoms with E-state index in [0.29, 0.717) is 30.5 Å². The normalized spacial score (nSPS) is 16.1. The number of hydrogen-bond donors (Lipinski definition) is 5. The number of para-hydroxylation sites is 1. The topological polar surface area (TPSA) is 144 Å². The zero-order valence-corrected chi connectivity index (χ0v) is 25.9. The van der Waals surface area contributed by atoms with Crippen molar-refractivity contribution in [1.82, 2.24) is 25.8 Å². The number of carboxylic acids is 1. The second-order valence-corrected chi connectivity index (χ2v) is 12.1. The van der Waals surface area contributed by atoms with Gasteiger partial charge in [0.25, 0.3) is 0 Å². The van der Waals surface area contributed by atoms with Gasteiger partial charge >= 0.3 is 12.0 Å². The molecule has 2 heterocycles. The summed E-state index contributed by atoms with van der Waals surface area (Å²) in [6.45, 7) is 7.19. The molecule has 0 saturated carbocycles. The molecule has 0 spiro atoms. The Labute approximate surface area is 250 Å². The number of fused-ring (bicyclic) bond motifs is 1. The highest BCUT2D eigenvalue weighted by Gasteiger charge is 2.32. The molecule has 1 aromatic heterocycles. The van der Waals surface area contributed by atoms with Crippen molar-refractivity contribution in [2.45, 2.75) is 96.7 Å². The van der Waals surface area contributed by atoms with Crippen LogP contribution in [0, 0.1) is 5.92 Å². The van der Waals surface area contributed by atoms with Crippen LogP contribution in [0.4, 0.5) is 4.79 Å². The Morgan fingerprint density at radius 1 is 0.951 bits per heavy atom. The molecule has 2 aromatic rings. The van der Waals surface area contributed by atoms with E-state index in [1.807, 2.05) is 45.0 Å². The number of urea groups is 1. The molecule has 0 unspecified atom stereocenters.